The molecule has 1 saturated carbocycles. The molecule has 3 atom stereocenters. The first-order valence-corrected chi connectivity index (χ1v) is 12.3. The highest BCUT2D eigenvalue weighted by Gasteiger charge is 2.28. The predicted molar refractivity (Wildman–Crippen MR) is 137 cm³/mol. The molecule has 1 aliphatic heterocycles. The first-order chi connectivity index (χ1) is 16.0. The Kier molecular flexibility index (Phi) is 9.26. The van der Waals surface area contributed by atoms with Gasteiger partial charge in [0, 0.05) is 18.7 Å². The standard InChI is InChI=1S/C28H37NO4.ClH/c1-19(23-10-11-26(32-2)27(18-23)33-3)16-20-4-5-24(17-20)21-6-8-22(9-7-21)28(31)29-14-12-25(30)13-15-29;/h6-11,18-20,24-25,30H,4-5,12-17H2,1-3H3;1H/t19-,20?,24-;/m0./s1. The summed E-state index contributed by atoms with van der Waals surface area (Å²) in [5.41, 5.74) is 3.40. The number of rotatable bonds is 7. The molecule has 1 saturated heterocycles. The van der Waals surface area contributed by atoms with Gasteiger partial charge in [-0.2, -0.15) is 0 Å². The first-order valence-electron chi connectivity index (χ1n) is 12.3. The molecular formula is C28H38ClNO4. The molecule has 6 heteroatoms. The number of aliphatic hydroxyl groups is 1. The lowest BCUT2D eigenvalue weighted by atomic mass is 9.87. The quantitative estimate of drug-likeness (QED) is 0.536. The van der Waals surface area contributed by atoms with Gasteiger partial charge in [0.05, 0.1) is 20.3 Å². The van der Waals surface area contributed by atoms with Crippen LogP contribution in [0.2, 0.25) is 0 Å². The number of piperidine rings is 1. The number of aliphatic hydroxyl groups excluding tert-OH is 1. The molecule has 2 aliphatic rings. The van der Waals surface area contributed by atoms with E-state index in [0.29, 0.717) is 43.7 Å². The van der Waals surface area contributed by atoms with Crippen molar-refractivity contribution in [2.45, 2.75) is 63.4 Å². The van der Waals surface area contributed by atoms with Gasteiger partial charge in [0.25, 0.3) is 5.91 Å². The minimum Gasteiger partial charge on any atom is -0.493 e. The fourth-order valence-corrected chi connectivity index (χ4v) is 5.54. The van der Waals surface area contributed by atoms with E-state index >= 15 is 0 Å². The molecule has 2 fully saturated rings. The number of amides is 1. The van der Waals surface area contributed by atoms with E-state index in [1.807, 2.05) is 23.1 Å². The molecule has 1 unspecified atom stereocenters. The van der Waals surface area contributed by atoms with E-state index in [4.69, 9.17) is 9.47 Å². The fourth-order valence-electron chi connectivity index (χ4n) is 5.54. The summed E-state index contributed by atoms with van der Waals surface area (Å²) in [6.45, 7) is 3.59. The normalized spacial score (nSPS) is 21.6. The Hall–Kier alpha value is -2.24. The van der Waals surface area contributed by atoms with Crippen LogP contribution < -0.4 is 9.47 Å². The second kappa shape index (κ2) is 11.9. The minimum absolute atomic E-state index is 0. The average molecular weight is 488 g/mol. The van der Waals surface area contributed by atoms with Crippen LogP contribution in [0.1, 0.15) is 78.8 Å². The fraction of sp³-hybridized carbons (Fsp3) is 0.536. The summed E-state index contributed by atoms with van der Waals surface area (Å²) >= 11 is 0. The largest absolute Gasteiger partial charge is 0.493 e. The highest BCUT2D eigenvalue weighted by Crippen LogP contribution is 2.43. The van der Waals surface area contributed by atoms with Crippen LogP contribution in [0.15, 0.2) is 42.5 Å². The van der Waals surface area contributed by atoms with Gasteiger partial charge >= 0.3 is 0 Å². The van der Waals surface area contributed by atoms with Crippen LogP contribution in [0.3, 0.4) is 0 Å². The number of halogens is 1. The third-order valence-electron chi connectivity index (χ3n) is 7.59. The number of benzene rings is 2. The molecule has 1 heterocycles. The third-order valence-corrected chi connectivity index (χ3v) is 7.59. The number of likely N-dealkylation sites (tertiary alicyclic amines) is 1. The maximum absolute atomic E-state index is 12.8. The van der Waals surface area contributed by atoms with Crippen molar-refractivity contribution in [2.24, 2.45) is 5.92 Å². The monoisotopic (exact) mass is 487 g/mol. The molecule has 2 aromatic rings. The number of ether oxygens (including phenoxy) is 2. The lowest BCUT2D eigenvalue weighted by Gasteiger charge is -2.29. The van der Waals surface area contributed by atoms with Crippen LogP contribution in [-0.2, 0) is 0 Å². The summed E-state index contributed by atoms with van der Waals surface area (Å²) in [7, 11) is 3.35. The molecule has 186 valence electrons. The molecule has 1 N–H and O–H groups in total. The number of carbonyl (C=O) groups is 1. The summed E-state index contributed by atoms with van der Waals surface area (Å²) in [4.78, 5) is 14.6. The molecule has 0 bridgehead atoms. The van der Waals surface area contributed by atoms with E-state index in [1.165, 1.54) is 36.8 Å². The van der Waals surface area contributed by atoms with Gasteiger partial charge in [0.15, 0.2) is 11.5 Å². The molecular weight excluding hydrogens is 450 g/mol. The number of hydrogen-bond acceptors (Lipinski definition) is 4. The SMILES string of the molecule is COc1ccc([C@@H](C)CC2CC[C@H](c3ccc(C(=O)N4CCC(O)CC4)cc3)C2)cc1OC.Cl. The highest BCUT2D eigenvalue weighted by molar-refractivity contribution is 5.94. The predicted octanol–water partition coefficient (Wildman–Crippen LogP) is 5.80. The van der Waals surface area contributed by atoms with Gasteiger partial charge in [0.1, 0.15) is 0 Å². The Morgan fingerprint density at radius 3 is 2.32 bits per heavy atom. The summed E-state index contributed by atoms with van der Waals surface area (Å²) < 4.78 is 10.8. The van der Waals surface area contributed by atoms with Crippen LogP contribution in [0.5, 0.6) is 11.5 Å². The van der Waals surface area contributed by atoms with Crippen molar-refractivity contribution in [2.75, 3.05) is 27.3 Å². The summed E-state index contributed by atoms with van der Waals surface area (Å²) in [6.07, 6.45) is 5.92. The van der Waals surface area contributed by atoms with Crippen molar-refractivity contribution in [3.63, 3.8) is 0 Å². The smallest absolute Gasteiger partial charge is 0.253 e. The van der Waals surface area contributed by atoms with Crippen LogP contribution in [0.25, 0.3) is 0 Å². The van der Waals surface area contributed by atoms with Crippen LogP contribution in [0.4, 0.5) is 0 Å². The van der Waals surface area contributed by atoms with Crippen molar-refractivity contribution < 1.29 is 19.4 Å². The van der Waals surface area contributed by atoms with Gasteiger partial charge in [-0.25, -0.2) is 0 Å². The van der Waals surface area contributed by atoms with Gasteiger partial charge < -0.3 is 19.5 Å². The van der Waals surface area contributed by atoms with Crippen LogP contribution >= 0.6 is 12.4 Å². The Morgan fingerprint density at radius 1 is 1.00 bits per heavy atom. The zero-order chi connectivity index (χ0) is 23.4. The maximum atomic E-state index is 12.8. The molecule has 34 heavy (non-hydrogen) atoms. The van der Waals surface area contributed by atoms with Crippen molar-refractivity contribution in [3.8, 4) is 11.5 Å². The molecule has 0 aromatic heterocycles. The molecule has 0 spiro atoms. The lowest BCUT2D eigenvalue weighted by molar-refractivity contribution is 0.0546. The van der Waals surface area contributed by atoms with E-state index in [-0.39, 0.29) is 24.4 Å². The van der Waals surface area contributed by atoms with Crippen molar-refractivity contribution in [1.29, 1.82) is 0 Å². The van der Waals surface area contributed by atoms with E-state index in [0.717, 1.165) is 17.1 Å². The Bertz CT molecular complexity index is 940. The molecule has 4 rings (SSSR count). The number of methoxy groups -OCH3 is 2. The van der Waals surface area contributed by atoms with Gasteiger partial charge in [-0.05, 0) is 91.7 Å². The maximum Gasteiger partial charge on any atom is 0.253 e. The molecule has 0 radical (unpaired) electrons. The zero-order valence-corrected chi connectivity index (χ0v) is 21.4. The second-order valence-electron chi connectivity index (χ2n) is 9.77. The van der Waals surface area contributed by atoms with E-state index in [1.54, 1.807) is 14.2 Å². The van der Waals surface area contributed by atoms with Gasteiger partial charge in [0.2, 0.25) is 0 Å². The van der Waals surface area contributed by atoms with Gasteiger partial charge in [-0.15, -0.1) is 12.4 Å². The minimum atomic E-state index is -0.263. The number of nitrogens with zero attached hydrogens (tertiary/aromatic N) is 1. The Balaban J connectivity index is 0.00000324. The van der Waals surface area contributed by atoms with E-state index in [2.05, 4.69) is 31.2 Å². The van der Waals surface area contributed by atoms with Gasteiger partial charge in [-0.3, -0.25) is 4.79 Å². The molecule has 1 aliphatic carbocycles. The Labute approximate surface area is 209 Å². The lowest BCUT2D eigenvalue weighted by Crippen LogP contribution is -2.40. The second-order valence-corrected chi connectivity index (χ2v) is 9.77. The van der Waals surface area contributed by atoms with E-state index < -0.39 is 0 Å². The number of carbonyl (C=O) groups excluding carboxylic acids is 1. The van der Waals surface area contributed by atoms with Gasteiger partial charge in [-0.1, -0.05) is 25.1 Å². The van der Waals surface area contributed by atoms with Crippen LogP contribution in [0, 0.1) is 5.92 Å². The Morgan fingerprint density at radius 2 is 1.68 bits per heavy atom. The van der Waals surface area contributed by atoms with Crippen molar-refractivity contribution in [3.05, 3.63) is 59.2 Å². The molecule has 1 amide bonds. The molecule has 5 nitrogen and oxygen atoms in total. The summed E-state index contributed by atoms with van der Waals surface area (Å²) in [5, 5.41) is 9.67. The topological polar surface area (TPSA) is 59.0 Å². The average Bonchev–Trinajstić information content (AvgIpc) is 3.32. The first kappa shape index (κ1) is 26.4. The van der Waals surface area contributed by atoms with E-state index in [9.17, 15) is 9.90 Å². The third kappa shape index (κ3) is 6.05. The van der Waals surface area contributed by atoms with Crippen molar-refractivity contribution in [1.82, 2.24) is 4.90 Å². The highest BCUT2D eigenvalue weighted by atomic mass is 35.5. The summed E-state index contributed by atoms with van der Waals surface area (Å²) in [6, 6.07) is 14.5. The number of hydrogen-bond donors (Lipinski definition) is 1. The van der Waals surface area contributed by atoms with Crippen molar-refractivity contribution >= 4 is 18.3 Å². The summed E-state index contributed by atoms with van der Waals surface area (Å²) in [5.74, 6) is 3.40. The zero-order valence-electron chi connectivity index (χ0n) is 20.5. The van der Waals surface area contributed by atoms with Crippen LogP contribution in [-0.4, -0.2) is 49.3 Å². The molecule has 2 aromatic carbocycles.